The molecule has 2 nitrogen and oxygen atoms in total. The highest BCUT2D eigenvalue weighted by Gasteiger charge is 2.41. The molecule has 1 aromatic rings. The molecule has 0 unspecified atom stereocenters. The van der Waals surface area contributed by atoms with E-state index in [9.17, 15) is 13.6 Å². The minimum absolute atomic E-state index is 0.121. The fourth-order valence-corrected chi connectivity index (χ4v) is 2.30. The number of carbonyl (C=O) groups excluding carboxylic acids is 1. The maximum absolute atomic E-state index is 13.0. The smallest absolute Gasteiger partial charge is 0.251 e. The van der Waals surface area contributed by atoms with Crippen molar-refractivity contribution in [2.24, 2.45) is 5.41 Å². The highest BCUT2D eigenvalue weighted by Crippen LogP contribution is 2.48. The Morgan fingerprint density at radius 1 is 1.33 bits per heavy atom. The lowest BCUT2D eigenvalue weighted by atomic mass is 10.0. The van der Waals surface area contributed by atoms with Gasteiger partial charge in [-0.05, 0) is 42.9 Å². The van der Waals surface area contributed by atoms with Gasteiger partial charge in [-0.15, -0.1) is 11.6 Å². The van der Waals surface area contributed by atoms with Crippen LogP contribution in [-0.4, -0.2) is 18.3 Å². The average Bonchev–Trinajstić information content (AvgIpc) is 3.11. The molecule has 1 aliphatic carbocycles. The summed E-state index contributed by atoms with van der Waals surface area (Å²) < 4.78 is 25.7. The van der Waals surface area contributed by atoms with Crippen LogP contribution >= 0.6 is 11.6 Å². The molecule has 0 radical (unpaired) electrons. The minimum Gasteiger partial charge on any atom is -0.351 e. The first-order chi connectivity index (χ1) is 8.56. The van der Waals surface area contributed by atoms with Crippen LogP contribution in [0, 0.1) is 17.0 Å². The van der Waals surface area contributed by atoms with Crippen molar-refractivity contribution in [1.29, 1.82) is 0 Å². The van der Waals surface area contributed by atoms with Crippen molar-refractivity contribution in [2.45, 2.75) is 19.3 Å². The van der Waals surface area contributed by atoms with Crippen LogP contribution in [0.3, 0.4) is 0 Å². The van der Waals surface area contributed by atoms with E-state index in [4.69, 9.17) is 11.6 Å². The van der Waals surface area contributed by atoms with Gasteiger partial charge >= 0.3 is 0 Å². The van der Waals surface area contributed by atoms with Crippen LogP contribution in [-0.2, 0) is 0 Å². The summed E-state index contributed by atoms with van der Waals surface area (Å²) in [6, 6.07) is 3.14. The van der Waals surface area contributed by atoms with Crippen molar-refractivity contribution in [2.75, 3.05) is 12.4 Å². The number of rotatable bonds is 5. The minimum atomic E-state index is -1.01. The summed E-state index contributed by atoms with van der Waals surface area (Å²) in [6.45, 7) is 0.539. The van der Waals surface area contributed by atoms with Gasteiger partial charge in [0.2, 0.25) is 0 Å². The van der Waals surface area contributed by atoms with Gasteiger partial charge in [0, 0.05) is 18.0 Å². The Bertz CT molecular complexity index is 460. The molecule has 0 spiro atoms. The van der Waals surface area contributed by atoms with Gasteiger partial charge in [0.1, 0.15) is 0 Å². The Balaban J connectivity index is 1.93. The summed E-state index contributed by atoms with van der Waals surface area (Å²) in [6.07, 6.45) is 2.97. The molecule has 1 N–H and O–H groups in total. The molecular formula is C13H14ClF2NO. The van der Waals surface area contributed by atoms with Gasteiger partial charge in [0.05, 0.1) is 0 Å². The number of halogens is 3. The maximum Gasteiger partial charge on any atom is 0.251 e. The Morgan fingerprint density at radius 2 is 2.06 bits per heavy atom. The van der Waals surface area contributed by atoms with Crippen molar-refractivity contribution in [1.82, 2.24) is 5.32 Å². The highest BCUT2D eigenvalue weighted by atomic mass is 35.5. The van der Waals surface area contributed by atoms with Gasteiger partial charge < -0.3 is 5.32 Å². The Hall–Kier alpha value is -1.16. The number of nitrogens with one attached hydrogen (secondary N) is 1. The van der Waals surface area contributed by atoms with Crippen LogP contribution in [0.4, 0.5) is 8.78 Å². The lowest BCUT2D eigenvalue weighted by Gasteiger charge is -2.14. The van der Waals surface area contributed by atoms with Crippen LogP contribution in [0.2, 0.25) is 0 Å². The third-order valence-electron chi connectivity index (χ3n) is 3.39. The molecule has 2 rings (SSSR count). The monoisotopic (exact) mass is 273 g/mol. The second kappa shape index (κ2) is 5.22. The number of hydrogen-bond donors (Lipinski definition) is 1. The zero-order valence-electron chi connectivity index (χ0n) is 9.81. The zero-order chi connectivity index (χ0) is 13.2. The molecule has 1 amide bonds. The molecule has 0 aromatic heterocycles. The van der Waals surface area contributed by atoms with Crippen molar-refractivity contribution in [3.05, 3.63) is 35.4 Å². The van der Waals surface area contributed by atoms with Gasteiger partial charge in [-0.3, -0.25) is 4.79 Å². The first-order valence-electron chi connectivity index (χ1n) is 5.86. The van der Waals surface area contributed by atoms with Gasteiger partial charge in [0.15, 0.2) is 11.6 Å². The summed E-state index contributed by atoms with van der Waals surface area (Å²) in [7, 11) is 0. The topological polar surface area (TPSA) is 29.1 Å². The molecular weight excluding hydrogens is 260 g/mol. The number of carbonyl (C=O) groups is 1. The predicted octanol–water partition coefficient (Wildman–Crippen LogP) is 3.10. The fourth-order valence-electron chi connectivity index (χ4n) is 1.90. The SMILES string of the molecule is O=C(NCC1(CCCl)CC1)c1ccc(F)c(F)c1. The molecule has 98 valence electrons. The normalized spacial score (nSPS) is 16.4. The summed E-state index contributed by atoms with van der Waals surface area (Å²) in [5.74, 6) is -1.77. The van der Waals surface area contributed by atoms with Crippen molar-refractivity contribution >= 4 is 17.5 Å². The largest absolute Gasteiger partial charge is 0.351 e. The number of benzene rings is 1. The number of alkyl halides is 1. The summed E-state index contributed by atoms with van der Waals surface area (Å²) in [5.41, 5.74) is 0.256. The fraction of sp³-hybridized carbons (Fsp3) is 0.462. The molecule has 1 aliphatic rings. The summed E-state index contributed by atoms with van der Waals surface area (Å²) >= 11 is 5.69. The Kier molecular flexibility index (Phi) is 3.85. The quantitative estimate of drug-likeness (QED) is 0.821. The van der Waals surface area contributed by atoms with E-state index in [1.807, 2.05) is 0 Å². The highest BCUT2D eigenvalue weighted by molar-refractivity contribution is 6.17. The van der Waals surface area contributed by atoms with Crippen LogP contribution in [0.15, 0.2) is 18.2 Å². The molecule has 18 heavy (non-hydrogen) atoms. The van der Waals surface area contributed by atoms with Crippen LogP contribution in [0.25, 0.3) is 0 Å². The molecule has 0 aliphatic heterocycles. The first kappa shape index (κ1) is 13.3. The average molecular weight is 274 g/mol. The summed E-state index contributed by atoms with van der Waals surface area (Å²) in [4.78, 5) is 11.8. The summed E-state index contributed by atoms with van der Waals surface area (Å²) in [5, 5.41) is 2.75. The second-order valence-electron chi connectivity index (χ2n) is 4.75. The lowest BCUT2D eigenvalue weighted by molar-refractivity contribution is 0.0944. The Morgan fingerprint density at radius 3 is 2.61 bits per heavy atom. The van der Waals surface area contributed by atoms with Gasteiger partial charge in [0.25, 0.3) is 5.91 Å². The zero-order valence-corrected chi connectivity index (χ0v) is 10.6. The first-order valence-corrected chi connectivity index (χ1v) is 6.39. The van der Waals surface area contributed by atoms with Crippen LogP contribution < -0.4 is 5.32 Å². The maximum atomic E-state index is 13.0. The molecule has 1 fully saturated rings. The number of hydrogen-bond acceptors (Lipinski definition) is 1. The molecule has 1 aromatic carbocycles. The van der Waals surface area contributed by atoms with Gasteiger partial charge in [-0.2, -0.15) is 0 Å². The third-order valence-corrected chi connectivity index (χ3v) is 3.58. The van der Waals surface area contributed by atoms with E-state index in [-0.39, 0.29) is 16.9 Å². The van der Waals surface area contributed by atoms with Crippen molar-refractivity contribution < 1.29 is 13.6 Å². The standard InChI is InChI=1S/C13H14ClF2NO/c14-6-5-13(3-4-13)8-17-12(18)9-1-2-10(15)11(16)7-9/h1-2,7H,3-6,8H2,(H,17,18). The molecule has 0 saturated heterocycles. The van der Waals surface area contributed by atoms with E-state index in [1.165, 1.54) is 6.07 Å². The van der Waals surface area contributed by atoms with Crippen molar-refractivity contribution in [3.8, 4) is 0 Å². The van der Waals surface area contributed by atoms with Crippen LogP contribution in [0.1, 0.15) is 29.6 Å². The Labute approximate surface area is 109 Å². The second-order valence-corrected chi connectivity index (χ2v) is 5.13. The van der Waals surface area contributed by atoms with Gasteiger partial charge in [-0.25, -0.2) is 8.78 Å². The lowest BCUT2D eigenvalue weighted by Crippen LogP contribution is -2.30. The molecule has 0 bridgehead atoms. The van der Waals surface area contributed by atoms with Crippen LogP contribution in [0.5, 0.6) is 0 Å². The number of amides is 1. The predicted molar refractivity (Wildman–Crippen MR) is 65.7 cm³/mol. The molecule has 0 atom stereocenters. The van der Waals surface area contributed by atoms with Gasteiger partial charge in [-0.1, -0.05) is 0 Å². The third kappa shape index (κ3) is 2.99. The van der Waals surface area contributed by atoms with E-state index in [0.29, 0.717) is 12.4 Å². The van der Waals surface area contributed by atoms with E-state index in [1.54, 1.807) is 0 Å². The van der Waals surface area contributed by atoms with Crippen molar-refractivity contribution in [3.63, 3.8) is 0 Å². The molecule has 1 saturated carbocycles. The van der Waals surface area contributed by atoms with E-state index >= 15 is 0 Å². The molecule has 5 heteroatoms. The van der Waals surface area contributed by atoms with E-state index < -0.39 is 11.6 Å². The molecule has 0 heterocycles. The van der Waals surface area contributed by atoms with E-state index in [0.717, 1.165) is 31.4 Å². The van der Waals surface area contributed by atoms with E-state index in [2.05, 4.69) is 5.32 Å².